The van der Waals surface area contributed by atoms with Crippen LogP contribution in [0, 0.1) is 5.92 Å². The second-order valence-corrected chi connectivity index (χ2v) is 10.5. The summed E-state index contributed by atoms with van der Waals surface area (Å²) in [4.78, 5) is 12.5. The minimum absolute atomic E-state index is 0.102. The van der Waals surface area contributed by atoms with Crippen molar-refractivity contribution in [2.24, 2.45) is 5.92 Å². The van der Waals surface area contributed by atoms with Crippen molar-refractivity contribution < 1.29 is 18.8 Å². The van der Waals surface area contributed by atoms with Crippen LogP contribution in [0.5, 0.6) is 5.75 Å². The largest absolute Gasteiger partial charge is 0.493 e. The highest BCUT2D eigenvalue weighted by Gasteiger charge is 2.25. The summed E-state index contributed by atoms with van der Waals surface area (Å²) in [5.41, 5.74) is 2.59. The molecule has 2 rings (SSSR count). The van der Waals surface area contributed by atoms with E-state index in [-0.39, 0.29) is 11.9 Å². The number of ether oxygens (including phenoxy) is 2. The number of carbonyl (C=O) groups is 1. The van der Waals surface area contributed by atoms with Crippen molar-refractivity contribution in [1.29, 1.82) is 0 Å². The summed E-state index contributed by atoms with van der Waals surface area (Å²) in [7, 11) is 4.33. The molecular formula is C31H48NO3+. The van der Waals surface area contributed by atoms with Crippen LogP contribution >= 0.6 is 0 Å². The smallest absolute Gasteiger partial charge is 0.314 e. The lowest BCUT2D eigenvalue weighted by atomic mass is 10.0. The van der Waals surface area contributed by atoms with Gasteiger partial charge in [0.15, 0.2) is 0 Å². The summed E-state index contributed by atoms with van der Waals surface area (Å²) in [5, 5.41) is 0. The topological polar surface area (TPSA) is 35.5 Å². The standard InChI is InChI=1S/C31H48NO3/c1-5-6-7-8-9-13-20-29-21-14-15-22-30(29)34-23-16-17-24-35-31(33)27(2)25-32(3,4)26-28-18-11-10-12-19-28/h10-12,14-15,18-19,21-22,27H,5-9,13,16-17,20,23-26H2,1-4H3/q+1. The van der Waals surface area contributed by atoms with Gasteiger partial charge in [-0.25, -0.2) is 0 Å². The van der Waals surface area contributed by atoms with Crippen molar-refractivity contribution in [3.8, 4) is 5.75 Å². The maximum absolute atomic E-state index is 12.5. The molecule has 0 saturated heterocycles. The van der Waals surface area contributed by atoms with Crippen LogP contribution in [0.25, 0.3) is 0 Å². The van der Waals surface area contributed by atoms with E-state index in [1.165, 1.54) is 49.7 Å². The van der Waals surface area contributed by atoms with Crippen molar-refractivity contribution in [2.45, 2.75) is 78.2 Å². The van der Waals surface area contributed by atoms with Crippen LogP contribution in [0.4, 0.5) is 0 Å². The average molecular weight is 483 g/mol. The van der Waals surface area contributed by atoms with Gasteiger partial charge in [0.2, 0.25) is 0 Å². The number of benzene rings is 2. The van der Waals surface area contributed by atoms with Gasteiger partial charge in [0.05, 0.1) is 33.9 Å². The Morgan fingerprint density at radius 2 is 1.49 bits per heavy atom. The third-order valence-electron chi connectivity index (χ3n) is 6.44. The summed E-state index contributed by atoms with van der Waals surface area (Å²) in [6.07, 6.45) is 10.6. The van der Waals surface area contributed by atoms with E-state index in [2.05, 4.69) is 63.5 Å². The number of nitrogens with zero attached hydrogens (tertiary/aromatic N) is 1. The van der Waals surface area contributed by atoms with E-state index in [1.54, 1.807) is 0 Å². The molecule has 1 unspecified atom stereocenters. The van der Waals surface area contributed by atoms with E-state index in [0.717, 1.165) is 42.6 Å². The maximum Gasteiger partial charge on any atom is 0.314 e. The van der Waals surface area contributed by atoms with E-state index in [9.17, 15) is 4.79 Å². The van der Waals surface area contributed by atoms with Gasteiger partial charge in [-0.3, -0.25) is 4.79 Å². The lowest BCUT2D eigenvalue weighted by Gasteiger charge is -2.31. The number of unbranched alkanes of at least 4 members (excludes halogenated alkanes) is 6. The van der Waals surface area contributed by atoms with E-state index in [0.29, 0.717) is 13.2 Å². The van der Waals surface area contributed by atoms with Crippen LogP contribution in [0.2, 0.25) is 0 Å². The Bertz CT molecular complexity index is 834. The zero-order chi connectivity index (χ0) is 25.4. The molecule has 0 fully saturated rings. The van der Waals surface area contributed by atoms with Crippen molar-refractivity contribution in [1.82, 2.24) is 0 Å². The number of para-hydroxylation sites is 1. The normalized spacial score (nSPS) is 12.3. The van der Waals surface area contributed by atoms with Gasteiger partial charge >= 0.3 is 5.97 Å². The van der Waals surface area contributed by atoms with Gasteiger partial charge in [0.25, 0.3) is 0 Å². The lowest BCUT2D eigenvalue weighted by Crippen LogP contribution is -2.44. The summed E-state index contributed by atoms with van der Waals surface area (Å²) in [6, 6.07) is 18.8. The highest BCUT2D eigenvalue weighted by molar-refractivity contribution is 5.72. The second-order valence-electron chi connectivity index (χ2n) is 10.5. The minimum atomic E-state index is -0.126. The molecule has 0 N–H and O–H groups in total. The van der Waals surface area contributed by atoms with E-state index >= 15 is 0 Å². The van der Waals surface area contributed by atoms with Crippen LogP contribution in [-0.2, 0) is 22.5 Å². The molecule has 0 aromatic heterocycles. The van der Waals surface area contributed by atoms with Gasteiger partial charge < -0.3 is 14.0 Å². The number of hydrogen-bond acceptors (Lipinski definition) is 3. The molecule has 0 aliphatic carbocycles. The summed E-state index contributed by atoms with van der Waals surface area (Å²) in [5.74, 6) is 0.776. The quantitative estimate of drug-likeness (QED) is 0.128. The molecule has 4 nitrogen and oxygen atoms in total. The van der Waals surface area contributed by atoms with Crippen molar-refractivity contribution in [2.75, 3.05) is 33.9 Å². The average Bonchev–Trinajstić information content (AvgIpc) is 2.84. The first-order valence-corrected chi connectivity index (χ1v) is 13.6. The Kier molecular flexibility index (Phi) is 13.5. The molecule has 4 heteroatoms. The fourth-order valence-electron chi connectivity index (χ4n) is 4.61. The van der Waals surface area contributed by atoms with E-state index in [1.807, 2.05) is 19.1 Å². The second kappa shape index (κ2) is 16.4. The molecule has 0 aliphatic rings. The first-order valence-electron chi connectivity index (χ1n) is 13.6. The molecule has 2 aromatic carbocycles. The van der Waals surface area contributed by atoms with Crippen LogP contribution < -0.4 is 4.74 Å². The number of quaternary nitrogens is 1. The predicted molar refractivity (Wildman–Crippen MR) is 145 cm³/mol. The Balaban J connectivity index is 1.61. The number of rotatable bonds is 18. The van der Waals surface area contributed by atoms with E-state index < -0.39 is 0 Å². The van der Waals surface area contributed by atoms with Gasteiger partial charge in [-0.15, -0.1) is 0 Å². The first kappa shape index (κ1) is 28.9. The van der Waals surface area contributed by atoms with Crippen LogP contribution in [0.3, 0.4) is 0 Å². The Morgan fingerprint density at radius 1 is 0.829 bits per heavy atom. The maximum atomic E-state index is 12.5. The third-order valence-corrected chi connectivity index (χ3v) is 6.44. The van der Waals surface area contributed by atoms with Gasteiger partial charge in [-0.2, -0.15) is 0 Å². The Morgan fingerprint density at radius 3 is 2.26 bits per heavy atom. The van der Waals surface area contributed by atoms with Gasteiger partial charge in [-0.1, -0.05) is 87.6 Å². The van der Waals surface area contributed by atoms with Crippen LogP contribution in [0.15, 0.2) is 54.6 Å². The molecule has 194 valence electrons. The summed E-state index contributed by atoms with van der Waals surface area (Å²) in [6.45, 7) is 6.99. The zero-order valence-electron chi connectivity index (χ0n) is 22.6. The molecular weight excluding hydrogens is 434 g/mol. The molecule has 0 amide bonds. The third kappa shape index (κ3) is 12.3. The molecule has 0 aliphatic heterocycles. The monoisotopic (exact) mass is 482 g/mol. The molecule has 0 radical (unpaired) electrons. The van der Waals surface area contributed by atoms with Gasteiger partial charge in [0, 0.05) is 5.56 Å². The summed E-state index contributed by atoms with van der Waals surface area (Å²) < 4.78 is 12.4. The number of esters is 1. The molecule has 2 aromatic rings. The predicted octanol–water partition coefficient (Wildman–Crippen LogP) is 7.20. The number of hydrogen-bond donors (Lipinski definition) is 0. The van der Waals surface area contributed by atoms with E-state index in [4.69, 9.17) is 9.47 Å². The van der Waals surface area contributed by atoms with Crippen LogP contribution in [0.1, 0.15) is 76.3 Å². The fourth-order valence-corrected chi connectivity index (χ4v) is 4.61. The number of aryl methyl sites for hydroxylation is 1. The van der Waals surface area contributed by atoms with Crippen molar-refractivity contribution >= 4 is 5.97 Å². The molecule has 0 heterocycles. The molecule has 0 bridgehead atoms. The molecule has 0 saturated carbocycles. The SMILES string of the molecule is CCCCCCCCc1ccccc1OCCCCOC(=O)C(C)C[N+](C)(C)Cc1ccccc1. The molecule has 1 atom stereocenters. The first-order chi connectivity index (χ1) is 16.9. The van der Waals surface area contributed by atoms with Gasteiger partial charge in [-0.05, 0) is 44.2 Å². The lowest BCUT2D eigenvalue weighted by molar-refractivity contribution is -0.905. The molecule has 0 spiro atoms. The number of carbonyl (C=O) groups excluding carboxylic acids is 1. The Labute approximate surface area is 214 Å². The molecule has 35 heavy (non-hydrogen) atoms. The van der Waals surface area contributed by atoms with Crippen LogP contribution in [-0.4, -0.2) is 44.3 Å². The minimum Gasteiger partial charge on any atom is -0.493 e. The van der Waals surface area contributed by atoms with Crippen molar-refractivity contribution in [3.05, 3.63) is 65.7 Å². The Hall–Kier alpha value is -2.33. The highest BCUT2D eigenvalue weighted by Crippen LogP contribution is 2.21. The van der Waals surface area contributed by atoms with Crippen molar-refractivity contribution in [3.63, 3.8) is 0 Å². The highest BCUT2D eigenvalue weighted by atomic mass is 16.5. The summed E-state index contributed by atoms with van der Waals surface area (Å²) >= 11 is 0. The zero-order valence-corrected chi connectivity index (χ0v) is 22.6. The van der Waals surface area contributed by atoms with Gasteiger partial charge in [0.1, 0.15) is 18.2 Å². The fraction of sp³-hybridized carbons (Fsp3) is 0.581.